The molecule has 0 fully saturated rings. The van der Waals surface area contributed by atoms with Gasteiger partial charge in [0, 0.05) is 25.6 Å². The minimum absolute atomic E-state index is 0.0764. The zero-order valence-electron chi connectivity index (χ0n) is 15.2. The van der Waals surface area contributed by atoms with Crippen molar-refractivity contribution in [2.24, 2.45) is 7.05 Å². The molecule has 0 unspecified atom stereocenters. The van der Waals surface area contributed by atoms with Crippen LogP contribution in [-0.2, 0) is 17.0 Å². The molecular weight excluding hydrogens is 359 g/mol. The highest BCUT2D eigenvalue weighted by molar-refractivity contribution is 7.51. The van der Waals surface area contributed by atoms with Crippen LogP contribution in [-0.4, -0.2) is 25.5 Å². The zero-order valence-corrected chi connectivity index (χ0v) is 16.1. The van der Waals surface area contributed by atoms with E-state index < -0.39 is 13.0 Å². The quantitative estimate of drug-likeness (QED) is 0.498. The van der Waals surface area contributed by atoms with E-state index in [4.69, 9.17) is 4.98 Å². The number of hydrogen-bond acceptors (Lipinski definition) is 2. The molecule has 5 nitrogen and oxygen atoms in total. The highest BCUT2D eigenvalue weighted by atomic mass is 31.2. The third kappa shape index (κ3) is 3.06. The minimum atomic E-state index is -3.97. The van der Waals surface area contributed by atoms with Crippen LogP contribution >= 0.6 is 7.60 Å². The fourth-order valence-corrected chi connectivity index (χ4v) is 5.07. The SMILES string of the molecule is Cn1ccnc1C1(CCCCP(=O)(O)O)c2ccccc2-c2ccccc21. The Morgan fingerprint density at radius 2 is 1.59 bits per heavy atom. The van der Waals surface area contributed by atoms with Gasteiger partial charge in [0.25, 0.3) is 0 Å². The molecule has 27 heavy (non-hydrogen) atoms. The molecule has 0 saturated heterocycles. The lowest BCUT2D eigenvalue weighted by Gasteiger charge is -2.32. The second-order valence-corrected chi connectivity index (χ2v) is 8.98. The number of rotatable bonds is 6. The van der Waals surface area contributed by atoms with Crippen molar-refractivity contribution in [1.82, 2.24) is 9.55 Å². The Labute approximate surface area is 158 Å². The molecule has 0 amide bonds. The topological polar surface area (TPSA) is 75.4 Å². The van der Waals surface area contributed by atoms with Gasteiger partial charge in [-0.15, -0.1) is 0 Å². The maximum Gasteiger partial charge on any atom is 0.325 e. The molecule has 0 bridgehead atoms. The average molecular weight is 382 g/mol. The summed E-state index contributed by atoms with van der Waals surface area (Å²) >= 11 is 0. The maximum absolute atomic E-state index is 11.3. The number of fused-ring (bicyclic) bond motifs is 3. The summed E-state index contributed by atoms with van der Waals surface area (Å²) in [5, 5.41) is 0. The minimum Gasteiger partial charge on any atom is -0.337 e. The summed E-state index contributed by atoms with van der Waals surface area (Å²) in [6.45, 7) is 0. The lowest BCUT2D eigenvalue weighted by molar-refractivity contribution is 0.369. The van der Waals surface area contributed by atoms with Crippen molar-refractivity contribution in [3.05, 3.63) is 77.9 Å². The van der Waals surface area contributed by atoms with Gasteiger partial charge in [0.2, 0.25) is 0 Å². The summed E-state index contributed by atoms with van der Waals surface area (Å²) in [6, 6.07) is 16.8. The molecule has 2 N–H and O–H groups in total. The largest absolute Gasteiger partial charge is 0.337 e. The molecule has 0 saturated carbocycles. The number of benzene rings is 2. The average Bonchev–Trinajstić information content (AvgIpc) is 3.19. The lowest BCUT2D eigenvalue weighted by Crippen LogP contribution is -2.30. The molecule has 6 heteroatoms. The van der Waals surface area contributed by atoms with Gasteiger partial charge in [-0.25, -0.2) is 4.98 Å². The van der Waals surface area contributed by atoms with Crippen molar-refractivity contribution in [2.45, 2.75) is 24.7 Å². The van der Waals surface area contributed by atoms with Gasteiger partial charge >= 0.3 is 7.60 Å². The third-order valence-corrected chi connectivity index (χ3v) is 6.42. The Bertz CT molecular complexity index is 976. The summed E-state index contributed by atoms with van der Waals surface area (Å²) in [4.78, 5) is 23.1. The summed E-state index contributed by atoms with van der Waals surface area (Å²) < 4.78 is 13.3. The van der Waals surface area contributed by atoms with E-state index in [0.717, 1.165) is 12.2 Å². The zero-order chi connectivity index (χ0) is 19.1. The fourth-order valence-electron chi connectivity index (χ4n) is 4.43. The number of aromatic nitrogens is 2. The van der Waals surface area contributed by atoms with E-state index >= 15 is 0 Å². The van der Waals surface area contributed by atoms with Crippen LogP contribution in [0, 0.1) is 0 Å². The van der Waals surface area contributed by atoms with Crippen molar-refractivity contribution in [1.29, 1.82) is 0 Å². The number of imidazole rings is 1. The summed E-state index contributed by atoms with van der Waals surface area (Å²) in [5.41, 5.74) is 4.46. The van der Waals surface area contributed by atoms with Crippen molar-refractivity contribution in [3.8, 4) is 11.1 Å². The van der Waals surface area contributed by atoms with Gasteiger partial charge in [0.05, 0.1) is 5.41 Å². The second kappa shape index (κ2) is 6.75. The van der Waals surface area contributed by atoms with E-state index in [9.17, 15) is 14.4 Å². The maximum atomic E-state index is 11.3. The van der Waals surface area contributed by atoms with Gasteiger partial charge in [0.15, 0.2) is 0 Å². The smallest absolute Gasteiger partial charge is 0.325 e. The molecular formula is C21H23N2O3P. The van der Waals surface area contributed by atoms with Crippen molar-refractivity contribution < 1.29 is 14.4 Å². The first-order valence-electron chi connectivity index (χ1n) is 9.15. The Kier molecular flexibility index (Phi) is 4.55. The van der Waals surface area contributed by atoms with Crippen LogP contribution in [0.25, 0.3) is 11.1 Å². The van der Waals surface area contributed by atoms with E-state index in [1.165, 1.54) is 22.3 Å². The lowest BCUT2D eigenvalue weighted by atomic mass is 9.73. The molecule has 2 aromatic carbocycles. The van der Waals surface area contributed by atoms with Crippen LogP contribution in [0.5, 0.6) is 0 Å². The highest BCUT2D eigenvalue weighted by Gasteiger charge is 2.46. The first-order valence-corrected chi connectivity index (χ1v) is 10.9. The van der Waals surface area contributed by atoms with Crippen LogP contribution in [0.4, 0.5) is 0 Å². The molecule has 1 heterocycles. The second-order valence-electron chi connectivity index (χ2n) is 7.20. The first kappa shape index (κ1) is 18.2. The van der Waals surface area contributed by atoms with Gasteiger partial charge in [-0.1, -0.05) is 55.0 Å². The van der Waals surface area contributed by atoms with Crippen LogP contribution < -0.4 is 0 Å². The Morgan fingerprint density at radius 3 is 2.11 bits per heavy atom. The molecule has 0 spiro atoms. The van der Waals surface area contributed by atoms with Gasteiger partial charge < -0.3 is 14.4 Å². The number of aryl methyl sites for hydroxylation is 1. The highest BCUT2D eigenvalue weighted by Crippen LogP contribution is 2.54. The van der Waals surface area contributed by atoms with Gasteiger partial charge in [-0.2, -0.15) is 0 Å². The molecule has 0 aliphatic heterocycles. The van der Waals surface area contributed by atoms with Gasteiger partial charge in [0.1, 0.15) is 5.82 Å². The summed E-state index contributed by atoms with van der Waals surface area (Å²) in [6.07, 6.45) is 5.65. The Morgan fingerprint density at radius 1 is 1.00 bits per heavy atom. The molecule has 4 rings (SSSR count). The van der Waals surface area contributed by atoms with Crippen molar-refractivity contribution in [3.63, 3.8) is 0 Å². The van der Waals surface area contributed by atoms with Crippen LogP contribution in [0.3, 0.4) is 0 Å². The van der Waals surface area contributed by atoms with Gasteiger partial charge in [-0.3, -0.25) is 4.57 Å². The van der Waals surface area contributed by atoms with Crippen molar-refractivity contribution >= 4 is 7.60 Å². The van der Waals surface area contributed by atoms with Crippen LogP contribution in [0.15, 0.2) is 60.9 Å². The number of hydrogen-bond donors (Lipinski definition) is 2. The van der Waals surface area contributed by atoms with E-state index in [1.807, 2.05) is 19.4 Å². The molecule has 0 radical (unpaired) electrons. The summed E-state index contributed by atoms with van der Waals surface area (Å²) in [7, 11) is -1.97. The van der Waals surface area contributed by atoms with Crippen LogP contribution in [0.2, 0.25) is 0 Å². The molecule has 1 aromatic heterocycles. The van der Waals surface area contributed by atoms with E-state index in [-0.39, 0.29) is 6.16 Å². The molecule has 0 atom stereocenters. The fraction of sp³-hybridized carbons (Fsp3) is 0.286. The number of unbranched alkanes of at least 4 members (excludes halogenated alkanes) is 1. The molecule has 1 aliphatic rings. The van der Waals surface area contributed by atoms with Gasteiger partial charge in [-0.05, 0) is 35.1 Å². The monoisotopic (exact) mass is 382 g/mol. The standard InChI is InChI=1S/C21H23N2O3P/c1-23-14-13-22-20(23)21(12-6-7-15-27(24,25)26)18-10-4-2-8-16(18)17-9-3-5-11-19(17)21/h2-5,8-11,13-14H,6-7,12,15H2,1H3,(H2,24,25,26). The molecule has 140 valence electrons. The Hall–Kier alpha value is -2.20. The molecule has 1 aliphatic carbocycles. The summed E-state index contributed by atoms with van der Waals surface area (Å²) in [5.74, 6) is 0.969. The predicted molar refractivity (Wildman–Crippen MR) is 106 cm³/mol. The first-order chi connectivity index (χ1) is 12.9. The normalized spacial score (nSPS) is 14.8. The van der Waals surface area contributed by atoms with E-state index in [2.05, 4.69) is 53.1 Å². The van der Waals surface area contributed by atoms with Crippen LogP contribution in [0.1, 0.15) is 36.2 Å². The van der Waals surface area contributed by atoms with E-state index in [0.29, 0.717) is 12.8 Å². The van der Waals surface area contributed by atoms with Crippen molar-refractivity contribution in [2.75, 3.05) is 6.16 Å². The predicted octanol–water partition coefficient (Wildman–Crippen LogP) is 4.08. The Balaban J connectivity index is 1.84. The third-order valence-electron chi connectivity index (χ3n) is 5.52. The number of nitrogens with zero attached hydrogens (tertiary/aromatic N) is 2. The van der Waals surface area contributed by atoms with E-state index in [1.54, 1.807) is 0 Å². The molecule has 3 aromatic rings.